The van der Waals surface area contributed by atoms with Gasteiger partial charge in [0.25, 0.3) is 0 Å². The molecule has 2 fully saturated rings. The van der Waals surface area contributed by atoms with Crippen LogP contribution in [0, 0.1) is 0 Å². The molecule has 0 radical (unpaired) electrons. The summed E-state index contributed by atoms with van der Waals surface area (Å²) in [6.45, 7) is 0. The molecule has 2 atom stereocenters. The molecule has 3 aromatic rings. The summed E-state index contributed by atoms with van der Waals surface area (Å²) in [6.07, 6.45) is 11.2. The molecule has 2 N–H and O–H groups in total. The number of phenolic OH excluding ortho intramolecular Hbond substituents is 1. The van der Waals surface area contributed by atoms with E-state index in [4.69, 9.17) is 23.8 Å². The Morgan fingerprint density at radius 2 is 1.97 bits per heavy atom. The molecule has 154 valence electrons. The van der Waals surface area contributed by atoms with E-state index in [9.17, 15) is 5.11 Å². The number of benzene rings is 1. The summed E-state index contributed by atoms with van der Waals surface area (Å²) in [5.41, 5.74) is 2.63. The molecule has 0 bridgehead atoms. The maximum Gasteiger partial charge on any atom is 0.174 e. The van der Waals surface area contributed by atoms with Gasteiger partial charge in [0.05, 0.1) is 23.5 Å². The highest BCUT2D eigenvalue weighted by Gasteiger charge is 2.42. The highest BCUT2D eigenvalue weighted by molar-refractivity contribution is 7.80. The summed E-state index contributed by atoms with van der Waals surface area (Å²) in [7, 11) is 0. The molecular formula is C23H23ClN4OS. The molecule has 7 heteroatoms. The first-order chi connectivity index (χ1) is 14.6. The first kappa shape index (κ1) is 19.4. The van der Waals surface area contributed by atoms with Crippen molar-refractivity contribution >= 4 is 34.6 Å². The van der Waals surface area contributed by atoms with Gasteiger partial charge in [-0.1, -0.05) is 30.5 Å². The molecule has 1 aliphatic carbocycles. The average molecular weight is 439 g/mol. The topological polar surface area (TPSA) is 53.3 Å². The number of pyridine rings is 1. The average Bonchev–Trinajstić information content (AvgIpc) is 3.49. The fourth-order valence-electron chi connectivity index (χ4n) is 4.68. The van der Waals surface area contributed by atoms with Gasteiger partial charge < -0.3 is 19.9 Å². The van der Waals surface area contributed by atoms with E-state index in [2.05, 4.69) is 33.3 Å². The number of rotatable bonds is 4. The highest BCUT2D eigenvalue weighted by Crippen LogP contribution is 2.45. The normalized spacial score (nSPS) is 21.9. The van der Waals surface area contributed by atoms with Crippen LogP contribution in [0.5, 0.6) is 5.75 Å². The second-order valence-electron chi connectivity index (χ2n) is 7.96. The number of thiocarbonyl (C=S) groups is 1. The Kier molecular flexibility index (Phi) is 5.13. The van der Waals surface area contributed by atoms with Crippen LogP contribution in [-0.4, -0.2) is 19.8 Å². The number of hydrogen-bond acceptors (Lipinski definition) is 3. The van der Waals surface area contributed by atoms with Gasteiger partial charge in [0.2, 0.25) is 0 Å². The number of aromatic nitrogens is 2. The lowest BCUT2D eigenvalue weighted by molar-refractivity contribution is 0.472. The monoisotopic (exact) mass is 438 g/mol. The third kappa shape index (κ3) is 3.44. The summed E-state index contributed by atoms with van der Waals surface area (Å²) < 4.78 is 2.33. The molecular weight excluding hydrogens is 416 g/mol. The van der Waals surface area contributed by atoms with Gasteiger partial charge in [-0.25, -0.2) is 0 Å². The third-order valence-electron chi connectivity index (χ3n) is 6.12. The zero-order valence-corrected chi connectivity index (χ0v) is 18.0. The molecule has 1 aromatic carbocycles. The number of nitrogens with one attached hydrogen (secondary N) is 1. The van der Waals surface area contributed by atoms with E-state index in [1.165, 1.54) is 25.7 Å². The Morgan fingerprint density at radius 1 is 1.13 bits per heavy atom. The second kappa shape index (κ2) is 7.93. The third-order valence-corrected chi connectivity index (χ3v) is 6.67. The maximum atomic E-state index is 10.6. The zero-order valence-electron chi connectivity index (χ0n) is 16.4. The second-order valence-corrected chi connectivity index (χ2v) is 8.78. The van der Waals surface area contributed by atoms with Crippen molar-refractivity contribution in [1.29, 1.82) is 0 Å². The van der Waals surface area contributed by atoms with E-state index in [0.717, 1.165) is 11.3 Å². The van der Waals surface area contributed by atoms with Gasteiger partial charge in [-0.2, -0.15) is 0 Å². The van der Waals surface area contributed by atoms with E-state index < -0.39 is 0 Å². The largest absolute Gasteiger partial charge is 0.506 e. The van der Waals surface area contributed by atoms with Crippen molar-refractivity contribution in [3.05, 3.63) is 77.3 Å². The molecule has 0 unspecified atom stereocenters. The van der Waals surface area contributed by atoms with Gasteiger partial charge in [0.15, 0.2) is 5.11 Å². The first-order valence-electron chi connectivity index (χ1n) is 10.3. The molecule has 2 aromatic heterocycles. The predicted octanol–water partition coefficient (Wildman–Crippen LogP) is 5.53. The minimum Gasteiger partial charge on any atom is -0.506 e. The number of aromatic hydroxyl groups is 1. The van der Waals surface area contributed by atoms with Gasteiger partial charge in [0, 0.05) is 29.7 Å². The molecule has 0 amide bonds. The van der Waals surface area contributed by atoms with Crippen LogP contribution in [0.4, 0.5) is 5.69 Å². The van der Waals surface area contributed by atoms with Crippen LogP contribution < -0.4 is 10.2 Å². The Bertz CT molecular complexity index is 1060. The number of hydrogen-bond donors (Lipinski definition) is 2. The summed E-state index contributed by atoms with van der Waals surface area (Å²) in [6, 6.07) is 13.3. The van der Waals surface area contributed by atoms with Gasteiger partial charge in [0.1, 0.15) is 5.75 Å². The van der Waals surface area contributed by atoms with Crippen molar-refractivity contribution in [3.8, 4) is 5.75 Å². The van der Waals surface area contributed by atoms with Crippen LogP contribution in [0.2, 0.25) is 5.02 Å². The smallest absolute Gasteiger partial charge is 0.174 e. The van der Waals surface area contributed by atoms with E-state index in [0.29, 0.717) is 21.9 Å². The van der Waals surface area contributed by atoms with Crippen molar-refractivity contribution in [2.24, 2.45) is 0 Å². The zero-order chi connectivity index (χ0) is 20.7. The summed E-state index contributed by atoms with van der Waals surface area (Å²) in [5.74, 6) is 0.144. The lowest BCUT2D eigenvalue weighted by Gasteiger charge is -2.28. The molecule has 5 nitrogen and oxygen atoms in total. The van der Waals surface area contributed by atoms with Crippen molar-refractivity contribution in [1.82, 2.24) is 14.9 Å². The van der Waals surface area contributed by atoms with Crippen LogP contribution in [0.1, 0.15) is 55.1 Å². The lowest BCUT2D eigenvalue weighted by atomic mass is 9.98. The first-order valence-corrected chi connectivity index (χ1v) is 11.1. The number of anilines is 1. The molecule has 30 heavy (non-hydrogen) atoms. The summed E-state index contributed by atoms with van der Waals surface area (Å²) in [5, 5.41) is 15.1. The van der Waals surface area contributed by atoms with Crippen molar-refractivity contribution in [3.63, 3.8) is 0 Å². The van der Waals surface area contributed by atoms with Crippen LogP contribution >= 0.6 is 23.8 Å². The highest BCUT2D eigenvalue weighted by atomic mass is 35.5. The van der Waals surface area contributed by atoms with Crippen LogP contribution in [0.3, 0.4) is 0 Å². The van der Waals surface area contributed by atoms with Crippen molar-refractivity contribution in [2.75, 3.05) is 4.90 Å². The van der Waals surface area contributed by atoms with Gasteiger partial charge in [-0.3, -0.25) is 4.98 Å². The predicted molar refractivity (Wildman–Crippen MR) is 123 cm³/mol. The standard InChI is InChI=1S/C23H23ClN4OS/c24-16-8-9-20(29)19(13-16)28-22(15-10-12-27(14-15)17-5-1-2-6-17)21(26-23(28)30)18-7-3-4-11-25-18/h3-4,7-14,17,21-22,29H,1-2,5-6H2,(H,26,30)/t21-,22-/m0/s1. The Morgan fingerprint density at radius 3 is 2.73 bits per heavy atom. The number of nitrogens with zero attached hydrogens (tertiary/aromatic N) is 3. The molecule has 1 saturated heterocycles. The van der Waals surface area contributed by atoms with E-state index in [1.54, 1.807) is 24.4 Å². The molecule has 1 saturated carbocycles. The Hall–Kier alpha value is -2.57. The molecule has 5 rings (SSSR count). The maximum absolute atomic E-state index is 10.6. The minimum atomic E-state index is -0.153. The van der Waals surface area contributed by atoms with Crippen LogP contribution in [0.15, 0.2) is 61.1 Å². The van der Waals surface area contributed by atoms with Gasteiger partial charge in [-0.15, -0.1) is 0 Å². The quantitative estimate of drug-likeness (QED) is 0.524. The summed E-state index contributed by atoms with van der Waals surface area (Å²) in [4.78, 5) is 6.54. The molecule has 1 aliphatic heterocycles. The van der Waals surface area contributed by atoms with Crippen LogP contribution in [-0.2, 0) is 0 Å². The minimum absolute atomic E-state index is 0.142. The van der Waals surface area contributed by atoms with Crippen molar-refractivity contribution < 1.29 is 5.11 Å². The molecule has 2 aliphatic rings. The fraction of sp³-hybridized carbons (Fsp3) is 0.304. The fourth-order valence-corrected chi connectivity index (χ4v) is 5.18. The van der Waals surface area contributed by atoms with Crippen molar-refractivity contribution in [2.45, 2.75) is 43.8 Å². The van der Waals surface area contributed by atoms with Gasteiger partial charge in [-0.05, 0) is 67.0 Å². The van der Waals surface area contributed by atoms with E-state index >= 15 is 0 Å². The van der Waals surface area contributed by atoms with E-state index in [1.807, 2.05) is 23.1 Å². The summed E-state index contributed by atoms with van der Waals surface area (Å²) >= 11 is 12.0. The van der Waals surface area contributed by atoms with Gasteiger partial charge >= 0.3 is 0 Å². The number of phenols is 1. The Labute approximate surface area is 186 Å². The molecule has 0 spiro atoms. The Balaban J connectivity index is 1.60. The lowest BCUT2D eigenvalue weighted by Crippen LogP contribution is -2.29. The SMILES string of the molecule is Oc1ccc(Cl)cc1N1C(=S)N[C@@H](c2ccccn2)[C@@H]1c1ccn(C2CCCC2)c1. The van der Waals surface area contributed by atoms with Crippen LogP contribution in [0.25, 0.3) is 0 Å². The van der Waals surface area contributed by atoms with E-state index in [-0.39, 0.29) is 17.8 Å². The molecule has 3 heterocycles. The number of halogens is 1.